The van der Waals surface area contributed by atoms with Crippen molar-refractivity contribution in [3.8, 4) is 6.07 Å². The maximum atomic E-state index is 13.9. The van der Waals surface area contributed by atoms with Gasteiger partial charge in [-0.2, -0.15) is 18.4 Å². The van der Waals surface area contributed by atoms with Crippen LogP contribution in [-0.4, -0.2) is 37.6 Å². The molecule has 0 aliphatic carbocycles. The number of alkyl halides is 3. The van der Waals surface area contributed by atoms with E-state index < -0.39 is 17.3 Å². The molecule has 7 nitrogen and oxygen atoms in total. The number of hydrogen-bond acceptors (Lipinski definition) is 4. The molecule has 0 atom stereocenters. The maximum Gasteiger partial charge on any atom is 0.416 e. The fourth-order valence-electron chi connectivity index (χ4n) is 4.75. The SMILES string of the molecule is CC(C)(CN(Cc1ccccc1C(F)(F)F)C(=S)Nc1ccc(Cl)cc1Cl)NC(=O)Cc1cncn1Cc1ccc(C#N)cc1. The van der Waals surface area contributed by atoms with Gasteiger partial charge in [-0.1, -0.05) is 53.5 Å². The minimum atomic E-state index is -4.57. The molecule has 0 saturated carbocycles. The Hall–Kier alpha value is -4.11. The van der Waals surface area contributed by atoms with Crippen molar-refractivity contribution in [2.45, 2.75) is 45.1 Å². The van der Waals surface area contributed by atoms with E-state index in [1.165, 1.54) is 24.3 Å². The molecule has 4 rings (SSSR count). The van der Waals surface area contributed by atoms with Gasteiger partial charge in [0.05, 0.1) is 46.2 Å². The van der Waals surface area contributed by atoms with Gasteiger partial charge in [-0.15, -0.1) is 0 Å². The first kappa shape index (κ1) is 33.8. The largest absolute Gasteiger partial charge is 0.416 e. The lowest BCUT2D eigenvalue weighted by molar-refractivity contribution is -0.138. The zero-order chi connectivity index (χ0) is 32.8. The third-order valence-corrected chi connectivity index (χ3v) is 7.69. The molecule has 1 amide bonds. The third kappa shape index (κ3) is 9.44. The number of carbonyl (C=O) groups excluding carboxylic acids is 1. The zero-order valence-corrected chi connectivity index (χ0v) is 26.7. The summed E-state index contributed by atoms with van der Waals surface area (Å²) in [6.45, 7) is 3.85. The number of nitriles is 1. The smallest absolute Gasteiger partial charge is 0.349 e. The second-order valence-electron chi connectivity index (χ2n) is 11.0. The zero-order valence-electron chi connectivity index (χ0n) is 24.3. The highest BCUT2D eigenvalue weighted by Crippen LogP contribution is 2.33. The Balaban J connectivity index is 1.51. The van der Waals surface area contributed by atoms with Crippen LogP contribution in [0.25, 0.3) is 0 Å². The number of carbonyl (C=O) groups is 1. The van der Waals surface area contributed by atoms with Gasteiger partial charge in [-0.3, -0.25) is 4.79 Å². The van der Waals surface area contributed by atoms with E-state index in [1.807, 2.05) is 16.7 Å². The topological polar surface area (TPSA) is 86.0 Å². The second-order valence-corrected chi connectivity index (χ2v) is 12.2. The van der Waals surface area contributed by atoms with Gasteiger partial charge < -0.3 is 20.1 Å². The van der Waals surface area contributed by atoms with Crippen LogP contribution in [-0.2, 0) is 30.5 Å². The van der Waals surface area contributed by atoms with Gasteiger partial charge in [0.25, 0.3) is 0 Å². The minimum absolute atomic E-state index is 0.0136. The van der Waals surface area contributed by atoms with Crippen molar-refractivity contribution in [1.29, 1.82) is 5.26 Å². The van der Waals surface area contributed by atoms with E-state index >= 15 is 0 Å². The summed E-state index contributed by atoms with van der Waals surface area (Å²) in [5.74, 6) is -0.308. The van der Waals surface area contributed by atoms with Crippen LogP contribution in [0.4, 0.5) is 18.9 Å². The Morgan fingerprint density at radius 1 is 1.09 bits per heavy atom. The molecule has 1 aromatic heterocycles. The van der Waals surface area contributed by atoms with E-state index in [2.05, 4.69) is 21.7 Å². The summed E-state index contributed by atoms with van der Waals surface area (Å²) in [5.41, 5.74) is 0.886. The van der Waals surface area contributed by atoms with E-state index in [0.717, 1.165) is 11.6 Å². The first-order valence-corrected chi connectivity index (χ1v) is 14.9. The van der Waals surface area contributed by atoms with E-state index in [1.54, 1.807) is 55.5 Å². The maximum absolute atomic E-state index is 13.9. The molecule has 0 spiro atoms. The number of benzene rings is 3. The lowest BCUT2D eigenvalue weighted by atomic mass is 10.0. The normalized spacial score (nSPS) is 11.5. The molecule has 1 heterocycles. The van der Waals surface area contributed by atoms with Gasteiger partial charge in [0.2, 0.25) is 5.91 Å². The van der Waals surface area contributed by atoms with Gasteiger partial charge in [-0.05, 0) is 73.6 Å². The van der Waals surface area contributed by atoms with Crippen LogP contribution >= 0.6 is 35.4 Å². The number of nitrogens with zero attached hydrogens (tertiary/aromatic N) is 4. The quantitative estimate of drug-likeness (QED) is 0.170. The minimum Gasteiger partial charge on any atom is -0.349 e. The molecule has 0 bridgehead atoms. The molecule has 13 heteroatoms. The number of imidazole rings is 1. The second kappa shape index (κ2) is 14.3. The van der Waals surface area contributed by atoms with E-state index in [0.29, 0.717) is 28.5 Å². The van der Waals surface area contributed by atoms with Gasteiger partial charge in [-0.25, -0.2) is 4.98 Å². The van der Waals surface area contributed by atoms with Crippen molar-refractivity contribution in [2.75, 3.05) is 11.9 Å². The standard InChI is InChI=1S/C32H29Cl2F3N6OS/c1-31(2,41-29(44)14-25-16-39-20-43(25)17-22-9-7-21(15-38)8-10-22)19-42(18-23-5-3-4-6-26(23)32(35,36)37)30(45)40-28-12-11-24(33)13-27(28)34/h3-13,16,20H,14,17-19H2,1-2H3,(H,40,45)(H,41,44). The monoisotopic (exact) mass is 672 g/mol. The van der Waals surface area contributed by atoms with E-state index in [4.69, 9.17) is 40.7 Å². The number of hydrogen-bond donors (Lipinski definition) is 2. The fraction of sp³-hybridized carbons (Fsp3) is 0.250. The Morgan fingerprint density at radius 2 is 1.80 bits per heavy atom. The van der Waals surface area contributed by atoms with Gasteiger partial charge in [0.1, 0.15) is 0 Å². The molecular formula is C32H29Cl2F3N6OS. The molecule has 2 N–H and O–H groups in total. The average Bonchev–Trinajstić information content (AvgIpc) is 3.39. The number of anilines is 1. The van der Waals surface area contributed by atoms with Crippen molar-refractivity contribution in [3.63, 3.8) is 0 Å². The molecule has 0 radical (unpaired) electrons. The fourth-order valence-corrected chi connectivity index (χ4v) is 5.44. The predicted octanol–water partition coefficient (Wildman–Crippen LogP) is 7.47. The highest BCUT2D eigenvalue weighted by atomic mass is 35.5. The number of nitrogens with one attached hydrogen (secondary N) is 2. The number of amides is 1. The number of halogens is 5. The molecule has 0 unspecified atom stereocenters. The number of thiocarbonyl (C=S) groups is 1. The molecule has 234 valence electrons. The molecule has 45 heavy (non-hydrogen) atoms. The Labute approximate surface area is 274 Å². The van der Waals surface area contributed by atoms with Crippen molar-refractivity contribution < 1.29 is 18.0 Å². The van der Waals surface area contributed by atoms with Crippen molar-refractivity contribution >= 4 is 52.1 Å². The summed E-state index contributed by atoms with van der Waals surface area (Å²) < 4.78 is 43.4. The molecule has 0 aliphatic heterocycles. The molecule has 4 aromatic rings. The molecular weight excluding hydrogens is 644 g/mol. The average molecular weight is 674 g/mol. The molecule has 3 aromatic carbocycles. The molecule has 0 saturated heterocycles. The van der Waals surface area contributed by atoms with Crippen molar-refractivity contribution in [2.24, 2.45) is 0 Å². The highest BCUT2D eigenvalue weighted by Gasteiger charge is 2.34. The van der Waals surface area contributed by atoms with Crippen LogP contribution in [0.3, 0.4) is 0 Å². The highest BCUT2D eigenvalue weighted by molar-refractivity contribution is 7.80. The van der Waals surface area contributed by atoms with Gasteiger partial charge in [0.15, 0.2) is 5.11 Å². The van der Waals surface area contributed by atoms with Gasteiger partial charge in [0, 0.05) is 36.5 Å². The number of aromatic nitrogens is 2. The lowest BCUT2D eigenvalue weighted by Crippen LogP contribution is -2.53. The Morgan fingerprint density at radius 3 is 2.47 bits per heavy atom. The molecule has 0 fully saturated rings. The van der Waals surface area contributed by atoms with Crippen LogP contribution < -0.4 is 10.6 Å². The van der Waals surface area contributed by atoms with Crippen LogP contribution in [0.2, 0.25) is 10.0 Å². The van der Waals surface area contributed by atoms with E-state index in [9.17, 15) is 18.0 Å². The summed E-state index contributed by atoms with van der Waals surface area (Å²) in [7, 11) is 0. The van der Waals surface area contributed by atoms with Crippen molar-refractivity contribution in [1.82, 2.24) is 19.8 Å². The van der Waals surface area contributed by atoms with E-state index in [-0.39, 0.29) is 41.1 Å². The first-order chi connectivity index (χ1) is 21.2. The summed E-state index contributed by atoms with van der Waals surface area (Å²) in [5, 5.41) is 15.8. The summed E-state index contributed by atoms with van der Waals surface area (Å²) >= 11 is 18.0. The van der Waals surface area contributed by atoms with Gasteiger partial charge >= 0.3 is 6.18 Å². The number of rotatable bonds is 10. The van der Waals surface area contributed by atoms with Crippen LogP contribution in [0.5, 0.6) is 0 Å². The first-order valence-electron chi connectivity index (χ1n) is 13.7. The Bertz CT molecular complexity index is 1720. The predicted molar refractivity (Wildman–Crippen MR) is 173 cm³/mol. The van der Waals surface area contributed by atoms with Crippen LogP contribution in [0.15, 0.2) is 79.3 Å². The molecule has 0 aliphatic rings. The van der Waals surface area contributed by atoms with Crippen LogP contribution in [0.1, 0.15) is 41.8 Å². The van der Waals surface area contributed by atoms with Crippen molar-refractivity contribution in [3.05, 3.63) is 117 Å². The third-order valence-electron chi connectivity index (χ3n) is 6.78. The Kier molecular flexibility index (Phi) is 10.8. The lowest BCUT2D eigenvalue weighted by Gasteiger charge is -2.36. The summed E-state index contributed by atoms with van der Waals surface area (Å²) in [6.07, 6.45) is -1.33. The van der Waals surface area contributed by atoms with Crippen LogP contribution in [0, 0.1) is 11.3 Å². The summed E-state index contributed by atoms with van der Waals surface area (Å²) in [4.78, 5) is 19.0. The summed E-state index contributed by atoms with van der Waals surface area (Å²) in [6, 6.07) is 19.2.